The quantitative estimate of drug-likeness (QED) is 0.818. The highest BCUT2D eigenvalue weighted by Crippen LogP contribution is 2.17. The van der Waals surface area contributed by atoms with E-state index in [0.29, 0.717) is 12.1 Å². The Bertz CT molecular complexity index is 520. The fourth-order valence-electron chi connectivity index (χ4n) is 1.49. The van der Waals surface area contributed by atoms with Crippen molar-refractivity contribution in [3.05, 3.63) is 46.2 Å². The van der Waals surface area contributed by atoms with E-state index in [1.807, 2.05) is 36.6 Å². The number of aryl methyl sites for hydroxylation is 1. The summed E-state index contributed by atoms with van der Waals surface area (Å²) < 4.78 is 0. The van der Waals surface area contributed by atoms with Crippen LogP contribution in [0, 0.1) is 6.92 Å². The van der Waals surface area contributed by atoms with Gasteiger partial charge >= 0.3 is 0 Å². The van der Waals surface area contributed by atoms with Gasteiger partial charge in [-0.15, -0.1) is 11.3 Å². The van der Waals surface area contributed by atoms with E-state index in [1.54, 1.807) is 17.4 Å². The highest BCUT2D eigenvalue weighted by atomic mass is 32.1. The third kappa shape index (κ3) is 3.07. The molecule has 1 amide bonds. The summed E-state index contributed by atoms with van der Waals surface area (Å²) in [6.07, 6.45) is 0.408. The molecule has 1 aromatic carbocycles. The Kier molecular flexibility index (Phi) is 3.44. The van der Waals surface area contributed by atoms with Crippen LogP contribution in [0.4, 0.5) is 11.4 Å². The molecule has 0 aliphatic rings. The summed E-state index contributed by atoms with van der Waals surface area (Å²) in [6.45, 7) is 1.94. The molecule has 0 saturated heterocycles. The zero-order chi connectivity index (χ0) is 12.3. The standard InChI is InChI=1S/C13H14N2OS/c1-9-4-5-10(7-12(9)14)15-13(16)8-11-3-2-6-17-11/h2-7H,8,14H2,1H3,(H,15,16). The molecule has 0 bridgehead atoms. The van der Waals surface area contributed by atoms with Gasteiger partial charge in [0.2, 0.25) is 5.91 Å². The second-order valence-electron chi connectivity index (χ2n) is 3.88. The number of hydrogen-bond acceptors (Lipinski definition) is 3. The van der Waals surface area contributed by atoms with Gasteiger partial charge in [0.25, 0.3) is 0 Å². The summed E-state index contributed by atoms with van der Waals surface area (Å²) in [6, 6.07) is 9.43. The molecule has 0 fully saturated rings. The first kappa shape index (κ1) is 11.7. The summed E-state index contributed by atoms with van der Waals surface area (Å²) in [5.41, 5.74) is 8.24. The Balaban J connectivity index is 2.00. The lowest BCUT2D eigenvalue weighted by molar-refractivity contribution is -0.115. The molecular formula is C13H14N2OS. The maximum Gasteiger partial charge on any atom is 0.229 e. The number of amides is 1. The maximum absolute atomic E-state index is 11.7. The van der Waals surface area contributed by atoms with Crippen LogP contribution in [0.25, 0.3) is 0 Å². The molecule has 2 aromatic rings. The molecule has 0 atom stereocenters. The molecule has 0 aliphatic carbocycles. The van der Waals surface area contributed by atoms with Crippen molar-refractivity contribution in [2.75, 3.05) is 11.1 Å². The maximum atomic E-state index is 11.7. The second kappa shape index (κ2) is 5.01. The van der Waals surface area contributed by atoms with E-state index in [2.05, 4.69) is 5.32 Å². The summed E-state index contributed by atoms with van der Waals surface area (Å²) in [4.78, 5) is 12.8. The third-order valence-corrected chi connectivity index (χ3v) is 3.35. The minimum atomic E-state index is -0.0179. The van der Waals surface area contributed by atoms with Gasteiger partial charge in [-0.3, -0.25) is 4.79 Å². The Hall–Kier alpha value is -1.81. The molecule has 2 rings (SSSR count). The highest BCUT2D eigenvalue weighted by molar-refractivity contribution is 7.10. The normalized spacial score (nSPS) is 10.2. The Morgan fingerprint density at radius 3 is 2.88 bits per heavy atom. The zero-order valence-electron chi connectivity index (χ0n) is 9.57. The van der Waals surface area contributed by atoms with Crippen LogP contribution in [0.5, 0.6) is 0 Å². The number of rotatable bonds is 3. The first-order valence-corrected chi connectivity index (χ1v) is 6.21. The van der Waals surface area contributed by atoms with Crippen LogP contribution in [0.1, 0.15) is 10.4 Å². The number of benzene rings is 1. The van der Waals surface area contributed by atoms with Gasteiger partial charge in [-0.1, -0.05) is 12.1 Å². The van der Waals surface area contributed by atoms with Crippen LogP contribution in [-0.2, 0) is 11.2 Å². The summed E-state index contributed by atoms with van der Waals surface area (Å²) in [7, 11) is 0. The third-order valence-electron chi connectivity index (χ3n) is 2.48. The van der Waals surface area contributed by atoms with Crippen LogP contribution in [0.3, 0.4) is 0 Å². The van der Waals surface area contributed by atoms with E-state index in [-0.39, 0.29) is 5.91 Å². The minimum absolute atomic E-state index is 0.0179. The fraction of sp³-hybridized carbons (Fsp3) is 0.154. The van der Waals surface area contributed by atoms with Gasteiger partial charge in [-0.2, -0.15) is 0 Å². The summed E-state index contributed by atoms with van der Waals surface area (Å²) in [5.74, 6) is -0.0179. The Morgan fingerprint density at radius 1 is 1.41 bits per heavy atom. The molecule has 1 aromatic heterocycles. The second-order valence-corrected chi connectivity index (χ2v) is 4.91. The van der Waals surface area contributed by atoms with Gasteiger partial charge in [0.1, 0.15) is 0 Å². The van der Waals surface area contributed by atoms with Crippen LogP contribution in [0.15, 0.2) is 35.7 Å². The van der Waals surface area contributed by atoms with Gasteiger partial charge in [-0.05, 0) is 36.1 Å². The van der Waals surface area contributed by atoms with E-state index in [4.69, 9.17) is 5.73 Å². The lowest BCUT2D eigenvalue weighted by Crippen LogP contribution is -2.13. The predicted molar refractivity (Wildman–Crippen MR) is 72.2 cm³/mol. The number of anilines is 2. The van der Waals surface area contributed by atoms with Gasteiger partial charge in [0, 0.05) is 16.3 Å². The van der Waals surface area contributed by atoms with E-state index < -0.39 is 0 Å². The molecule has 1 heterocycles. The number of nitrogens with two attached hydrogens (primary N) is 1. The van der Waals surface area contributed by atoms with E-state index in [0.717, 1.165) is 16.1 Å². The highest BCUT2D eigenvalue weighted by Gasteiger charge is 2.05. The first-order chi connectivity index (χ1) is 8.15. The Morgan fingerprint density at radius 2 is 2.24 bits per heavy atom. The molecule has 0 saturated carbocycles. The average Bonchev–Trinajstić information content (AvgIpc) is 2.76. The van der Waals surface area contributed by atoms with Crippen molar-refractivity contribution >= 4 is 28.6 Å². The van der Waals surface area contributed by atoms with Gasteiger partial charge < -0.3 is 11.1 Å². The molecule has 88 valence electrons. The van der Waals surface area contributed by atoms with Gasteiger partial charge in [0.15, 0.2) is 0 Å². The van der Waals surface area contributed by atoms with E-state index in [1.165, 1.54) is 0 Å². The van der Waals surface area contributed by atoms with Crippen LogP contribution in [0.2, 0.25) is 0 Å². The van der Waals surface area contributed by atoms with E-state index >= 15 is 0 Å². The van der Waals surface area contributed by atoms with Gasteiger partial charge in [0.05, 0.1) is 6.42 Å². The molecule has 4 heteroatoms. The zero-order valence-corrected chi connectivity index (χ0v) is 10.4. The van der Waals surface area contributed by atoms with Crippen LogP contribution >= 0.6 is 11.3 Å². The van der Waals surface area contributed by atoms with Crippen molar-refractivity contribution in [2.24, 2.45) is 0 Å². The molecule has 0 spiro atoms. The average molecular weight is 246 g/mol. The molecule has 0 aliphatic heterocycles. The van der Waals surface area contributed by atoms with Crippen molar-refractivity contribution < 1.29 is 4.79 Å². The monoisotopic (exact) mass is 246 g/mol. The number of nitrogen functional groups attached to an aromatic ring is 1. The molecule has 0 unspecified atom stereocenters. The number of carbonyl (C=O) groups excluding carboxylic acids is 1. The lowest BCUT2D eigenvalue weighted by atomic mass is 10.2. The number of hydrogen-bond donors (Lipinski definition) is 2. The molecular weight excluding hydrogens is 232 g/mol. The van der Waals surface area contributed by atoms with Crippen molar-refractivity contribution in [2.45, 2.75) is 13.3 Å². The van der Waals surface area contributed by atoms with Crippen molar-refractivity contribution in [3.8, 4) is 0 Å². The SMILES string of the molecule is Cc1ccc(NC(=O)Cc2cccs2)cc1N. The largest absolute Gasteiger partial charge is 0.398 e. The number of carbonyl (C=O) groups is 1. The summed E-state index contributed by atoms with van der Waals surface area (Å²) in [5, 5.41) is 4.80. The topological polar surface area (TPSA) is 55.1 Å². The Labute approximate surface area is 104 Å². The minimum Gasteiger partial charge on any atom is -0.398 e. The predicted octanol–water partition coefficient (Wildman–Crippen LogP) is 2.82. The molecule has 3 nitrogen and oxygen atoms in total. The summed E-state index contributed by atoms with van der Waals surface area (Å²) >= 11 is 1.58. The first-order valence-electron chi connectivity index (χ1n) is 5.33. The van der Waals surface area contributed by atoms with Gasteiger partial charge in [-0.25, -0.2) is 0 Å². The van der Waals surface area contributed by atoms with Crippen molar-refractivity contribution in [1.82, 2.24) is 0 Å². The fourth-order valence-corrected chi connectivity index (χ4v) is 2.20. The number of thiophene rings is 1. The smallest absolute Gasteiger partial charge is 0.229 e. The molecule has 17 heavy (non-hydrogen) atoms. The molecule has 3 N–H and O–H groups in total. The van der Waals surface area contributed by atoms with Crippen molar-refractivity contribution in [1.29, 1.82) is 0 Å². The van der Waals surface area contributed by atoms with Crippen molar-refractivity contribution in [3.63, 3.8) is 0 Å². The molecule has 0 radical (unpaired) electrons. The van der Waals surface area contributed by atoms with E-state index in [9.17, 15) is 4.79 Å². The van der Waals surface area contributed by atoms with Crippen LogP contribution < -0.4 is 11.1 Å². The van der Waals surface area contributed by atoms with Crippen LogP contribution in [-0.4, -0.2) is 5.91 Å². The lowest BCUT2D eigenvalue weighted by Gasteiger charge is -2.06. The number of nitrogens with one attached hydrogen (secondary N) is 1.